The Labute approximate surface area is 136 Å². The van der Waals surface area contributed by atoms with Crippen LogP contribution < -0.4 is 10.6 Å². The van der Waals surface area contributed by atoms with Crippen molar-refractivity contribution in [1.29, 1.82) is 0 Å². The van der Waals surface area contributed by atoms with Crippen LogP contribution in [0.5, 0.6) is 0 Å². The maximum absolute atomic E-state index is 13.9. The number of carbonyl (C=O) groups excluding carboxylic acids is 1. The molecule has 0 aliphatic carbocycles. The van der Waals surface area contributed by atoms with Crippen LogP contribution in [0.3, 0.4) is 0 Å². The van der Waals surface area contributed by atoms with E-state index >= 15 is 0 Å². The summed E-state index contributed by atoms with van der Waals surface area (Å²) < 4.78 is 19.4. The molecule has 5 heteroatoms. The summed E-state index contributed by atoms with van der Waals surface area (Å²) in [5.41, 5.74) is 0.0720. The summed E-state index contributed by atoms with van der Waals surface area (Å²) in [4.78, 5) is 12.0. The van der Waals surface area contributed by atoms with Crippen molar-refractivity contribution >= 4 is 6.03 Å². The van der Waals surface area contributed by atoms with E-state index in [1.54, 1.807) is 18.2 Å². The smallest absolute Gasteiger partial charge is 0.315 e. The van der Waals surface area contributed by atoms with E-state index in [-0.39, 0.29) is 17.9 Å². The number of benzene rings is 1. The van der Waals surface area contributed by atoms with Crippen LogP contribution in [0.25, 0.3) is 0 Å². The fraction of sp³-hybridized carbons (Fsp3) is 0.389. The van der Waals surface area contributed by atoms with Crippen LogP contribution in [0.1, 0.15) is 43.9 Å². The average molecular weight is 318 g/mol. The van der Waals surface area contributed by atoms with Crippen molar-refractivity contribution in [3.05, 3.63) is 59.3 Å². The van der Waals surface area contributed by atoms with Gasteiger partial charge in [-0.25, -0.2) is 9.18 Å². The van der Waals surface area contributed by atoms with Gasteiger partial charge in [-0.15, -0.1) is 0 Å². The highest BCUT2D eigenvalue weighted by atomic mass is 19.1. The van der Waals surface area contributed by atoms with Gasteiger partial charge in [0.15, 0.2) is 0 Å². The normalized spacial score (nSPS) is 12.7. The molecular weight excluding hydrogens is 295 g/mol. The minimum Gasteiger partial charge on any atom is -0.464 e. The number of urea groups is 1. The Morgan fingerprint density at radius 1 is 1.26 bits per heavy atom. The average Bonchev–Trinajstić information content (AvgIpc) is 2.92. The second kappa shape index (κ2) is 6.86. The van der Waals surface area contributed by atoms with Crippen molar-refractivity contribution in [1.82, 2.24) is 10.6 Å². The third-order valence-corrected chi connectivity index (χ3v) is 3.83. The second-order valence-corrected chi connectivity index (χ2v) is 6.36. The first kappa shape index (κ1) is 17.1. The molecule has 0 radical (unpaired) electrons. The fourth-order valence-electron chi connectivity index (χ4n) is 2.41. The van der Waals surface area contributed by atoms with E-state index in [9.17, 15) is 9.18 Å². The van der Waals surface area contributed by atoms with Gasteiger partial charge in [-0.1, -0.05) is 32.0 Å². The van der Waals surface area contributed by atoms with Crippen molar-refractivity contribution in [2.75, 3.05) is 6.54 Å². The number of nitrogens with one attached hydrogen (secondary N) is 2. The first-order valence-electron chi connectivity index (χ1n) is 7.65. The van der Waals surface area contributed by atoms with Gasteiger partial charge in [0.05, 0.1) is 6.04 Å². The standard InChI is InChI=1S/C18H23FN2O2/c1-12-9-10-16(23-12)13(2)21-17(22)20-11-18(3,4)14-7-5-6-8-15(14)19/h5-10,13H,11H2,1-4H3,(H2,20,21,22). The molecule has 1 atom stereocenters. The lowest BCUT2D eigenvalue weighted by Crippen LogP contribution is -2.43. The Kier molecular flexibility index (Phi) is 5.08. The van der Waals surface area contributed by atoms with Gasteiger partial charge in [0, 0.05) is 12.0 Å². The van der Waals surface area contributed by atoms with Crippen molar-refractivity contribution in [3.8, 4) is 0 Å². The van der Waals surface area contributed by atoms with E-state index in [1.807, 2.05) is 39.8 Å². The number of hydrogen-bond acceptors (Lipinski definition) is 2. The molecule has 2 aromatic rings. The van der Waals surface area contributed by atoms with Crippen LogP contribution in [0.4, 0.5) is 9.18 Å². The molecule has 2 N–H and O–H groups in total. The van der Waals surface area contributed by atoms with Gasteiger partial charge >= 0.3 is 6.03 Å². The quantitative estimate of drug-likeness (QED) is 0.873. The fourth-order valence-corrected chi connectivity index (χ4v) is 2.41. The van der Waals surface area contributed by atoms with E-state index in [4.69, 9.17) is 4.42 Å². The summed E-state index contributed by atoms with van der Waals surface area (Å²) in [6.45, 7) is 7.81. The molecular formula is C18H23FN2O2. The van der Waals surface area contributed by atoms with Crippen molar-refractivity contribution in [3.63, 3.8) is 0 Å². The Morgan fingerprint density at radius 3 is 2.57 bits per heavy atom. The first-order valence-corrected chi connectivity index (χ1v) is 7.65. The maximum Gasteiger partial charge on any atom is 0.315 e. The zero-order chi connectivity index (χ0) is 17.0. The van der Waals surface area contributed by atoms with Gasteiger partial charge in [-0.2, -0.15) is 0 Å². The molecule has 0 saturated carbocycles. The molecule has 0 spiro atoms. The number of halogens is 1. The zero-order valence-electron chi connectivity index (χ0n) is 13.9. The predicted molar refractivity (Wildman–Crippen MR) is 87.8 cm³/mol. The van der Waals surface area contributed by atoms with E-state index in [0.29, 0.717) is 17.9 Å². The molecule has 0 bridgehead atoms. The van der Waals surface area contributed by atoms with E-state index < -0.39 is 5.41 Å². The summed E-state index contributed by atoms with van der Waals surface area (Å²) in [5.74, 6) is 1.24. The van der Waals surface area contributed by atoms with Gasteiger partial charge < -0.3 is 15.1 Å². The van der Waals surface area contributed by atoms with Crippen molar-refractivity contribution < 1.29 is 13.6 Å². The molecule has 1 aromatic carbocycles. The molecule has 1 aromatic heterocycles. The largest absolute Gasteiger partial charge is 0.464 e. The molecule has 2 amide bonds. The minimum atomic E-state index is -0.507. The highest BCUT2D eigenvalue weighted by Crippen LogP contribution is 2.24. The number of hydrogen-bond donors (Lipinski definition) is 2. The van der Waals surface area contributed by atoms with Gasteiger partial charge in [-0.3, -0.25) is 0 Å². The summed E-state index contributed by atoms with van der Waals surface area (Å²) >= 11 is 0. The van der Waals surface area contributed by atoms with Crippen LogP contribution in [0, 0.1) is 12.7 Å². The van der Waals surface area contributed by atoms with Crippen molar-refractivity contribution in [2.45, 2.75) is 39.2 Å². The van der Waals surface area contributed by atoms with Crippen LogP contribution in [0.15, 0.2) is 40.8 Å². The zero-order valence-corrected chi connectivity index (χ0v) is 13.9. The molecule has 0 aliphatic heterocycles. The third kappa shape index (κ3) is 4.34. The number of carbonyl (C=O) groups is 1. The summed E-state index contributed by atoms with van der Waals surface area (Å²) in [6.07, 6.45) is 0. The lowest BCUT2D eigenvalue weighted by molar-refractivity contribution is 0.233. The molecule has 23 heavy (non-hydrogen) atoms. The summed E-state index contributed by atoms with van der Waals surface area (Å²) in [6, 6.07) is 9.76. The first-order chi connectivity index (χ1) is 10.8. The molecule has 124 valence electrons. The Hall–Kier alpha value is -2.30. The van der Waals surface area contributed by atoms with E-state index in [2.05, 4.69) is 10.6 Å². The molecule has 0 saturated heterocycles. The third-order valence-electron chi connectivity index (χ3n) is 3.83. The van der Waals surface area contributed by atoms with Gasteiger partial charge in [0.2, 0.25) is 0 Å². The Morgan fingerprint density at radius 2 is 1.96 bits per heavy atom. The van der Waals surface area contributed by atoms with Crippen LogP contribution in [-0.2, 0) is 5.41 Å². The highest BCUT2D eigenvalue weighted by molar-refractivity contribution is 5.74. The molecule has 1 heterocycles. The Balaban J connectivity index is 1.92. The van der Waals surface area contributed by atoms with Crippen molar-refractivity contribution in [2.24, 2.45) is 0 Å². The highest BCUT2D eigenvalue weighted by Gasteiger charge is 2.25. The molecule has 2 rings (SSSR count). The molecule has 4 nitrogen and oxygen atoms in total. The number of amides is 2. The summed E-state index contributed by atoms with van der Waals surface area (Å²) in [7, 11) is 0. The lowest BCUT2D eigenvalue weighted by atomic mass is 9.84. The SMILES string of the molecule is Cc1ccc(C(C)NC(=O)NCC(C)(C)c2ccccc2F)o1. The van der Waals surface area contributed by atoms with Crippen LogP contribution in [-0.4, -0.2) is 12.6 Å². The number of aryl methyl sites for hydroxylation is 1. The summed E-state index contributed by atoms with van der Waals surface area (Å²) in [5, 5.41) is 5.61. The maximum atomic E-state index is 13.9. The van der Waals surface area contributed by atoms with Gasteiger partial charge in [0.1, 0.15) is 17.3 Å². The molecule has 0 aliphatic rings. The molecule has 1 unspecified atom stereocenters. The minimum absolute atomic E-state index is 0.236. The second-order valence-electron chi connectivity index (χ2n) is 6.36. The van der Waals surface area contributed by atoms with Crippen LogP contribution in [0.2, 0.25) is 0 Å². The van der Waals surface area contributed by atoms with E-state index in [0.717, 1.165) is 5.76 Å². The lowest BCUT2D eigenvalue weighted by Gasteiger charge is -2.26. The van der Waals surface area contributed by atoms with E-state index in [1.165, 1.54) is 6.07 Å². The number of furan rings is 1. The number of rotatable bonds is 5. The monoisotopic (exact) mass is 318 g/mol. The Bertz CT molecular complexity index is 679. The topological polar surface area (TPSA) is 54.3 Å². The van der Waals surface area contributed by atoms with Crippen LogP contribution >= 0.6 is 0 Å². The molecule has 0 fully saturated rings. The van der Waals surface area contributed by atoms with Gasteiger partial charge in [0.25, 0.3) is 0 Å². The predicted octanol–water partition coefficient (Wildman–Crippen LogP) is 4.07. The van der Waals surface area contributed by atoms with Gasteiger partial charge in [-0.05, 0) is 37.6 Å².